The summed E-state index contributed by atoms with van der Waals surface area (Å²) in [6, 6.07) is 0.329. The normalized spacial score (nSPS) is 18.7. The van der Waals surface area contributed by atoms with Crippen molar-refractivity contribution in [2.24, 2.45) is 0 Å². The highest BCUT2D eigenvalue weighted by Gasteiger charge is 2.20. The molecule has 1 atom stereocenters. The van der Waals surface area contributed by atoms with Crippen molar-refractivity contribution in [2.75, 3.05) is 26.2 Å². The van der Waals surface area contributed by atoms with E-state index in [9.17, 15) is 4.79 Å². The molecule has 1 fully saturated rings. The van der Waals surface area contributed by atoms with Gasteiger partial charge < -0.3 is 10.4 Å². The Bertz CT molecular complexity index is 402. The molecule has 1 aromatic rings. The standard InChI is InChI=1S/C12H19N3O2S/c1-9(15-6-4-13-5-7-15)12-14-10(8-18-12)2-3-11(16)17/h8-9,13H,2-7H2,1H3,(H,16,17). The number of carboxylic acid groups (broad SMARTS) is 1. The number of aliphatic carboxylic acids is 1. The van der Waals surface area contributed by atoms with E-state index in [0.29, 0.717) is 12.5 Å². The molecule has 0 spiro atoms. The van der Waals surface area contributed by atoms with Crippen molar-refractivity contribution in [2.45, 2.75) is 25.8 Å². The molecule has 0 saturated carbocycles. The van der Waals surface area contributed by atoms with E-state index < -0.39 is 5.97 Å². The number of piperazine rings is 1. The summed E-state index contributed by atoms with van der Waals surface area (Å²) >= 11 is 1.64. The first-order valence-electron chi connectivity index (χ1n) is 6.27. The fraction of sp³-hybridized carbons (Fsp3) is 0.667. The second kappa shape index (κ2) is 6.26. The van der Waals surface area contributed by atoms with Crippen LogP contribution in [0.15, 0.2) is 5.38 Å². The van der Waals surface area contributed by atoms with Crippen molar-refractivity contribution >= 4 is 17.3 Å². The van der Waals surface area contributed by atoms with Gasteiger partial charge in [-0.25, -0.2) is 4.98 Å². The minimum absolute atomic E-state index is 0.158. The molecule has 18 heavy (non-hydrogen) atoms. The number of hydrogen-bond acceptors (Lipinski definition) is 5. The summed E-state index contributed by atoms with van der Waals surface area (Å²) in [4.78, 5) is 17.5. The van der Waals surface area contributed by atoms with Gasteiger partial charge in [0.15, 0.2) is 0 Å². The predicted molar refractivity (Wildman–Crippen MR) is 70.9 cm³/mol. The average Bonchev–Trinajstić information content (AvgIpc) is 2.85. The maximum atomic E-state index is 10.5. The molecule has 6 heteroatoms. The number of nitrogens with zero attached hydrogens (tertiary/aromatic N) is 2. The largest absolute Gasteiger partial charge is 0.481 e. The van der Waals surface area contributed by atoms with Crippen molar-refractivity contribution in [3.05, 3.63) is 16.1 Å². The van der Waals surface area contributed by atoms with Gasteiger partial charge in [0.25, 0.3) is 0 Å². The zero-order chi connectivity index (χ0) is 13.0. The van der Waals surface area contributed by atoms with Gasteiger partial charge in [-0.15, -0.1) is 11.3 Å². The maximum Gasteiger partial charge on any atom is 0.303 e. The lowest BCUT2D eigenvalue weighted by molar-refractivity contribution is -0.136. The molecule has 0 bridgehead atoms. The summed E-state index contributed by atoms with van der Waals surface area (Å²) in [5, 5.41) is 15.1. The third-order valence-corrected chi connectivity index (χ3v) is 4.29. The van der Waals surface area contributed by atoms with Crippen LogP contribution >= 0.6 is 11.3 Å². The first-order chi connectivity index (χ1) is 8.66. The first kappa shape index (κ1) is 13.5. The molecular weight excluding hydrogens is 250 g/mol. The molecule has 1 aliphatic rings. The summed E-state index contributed by atoms with van der Waals surface area (Å²) in [5.74, 6) is -0.764. The Hall–Kier alpha value is -0.980. The topological polar surface area (TPSA) is 65.5 Å². The van der Waals surface area contributed by atoms with Gasteiger partial charge in [-0.2, -0.15) is 0 Å². The second-order valence-electron chi connectivity index (χ2n) is 4.53. The van der Waals surface area contributed by atoms with Gasteiger partial charge in [-0.05, 0) is 6.92 Å². The molecule has 1 aromatic heterocycles. The lowest BCUT2D eigenvalue weighted by Gasteiger charge is -2.31. The predicted octanol–water partition coefficient (Wildman–Crippen LogP) is 1.13. The molecule has 0 aliphatic carbocycles. The minimum Gasteiger partial charge on any atom is -0.481 e. The van der Waals surface area contributed by atoms with Crippen molar-refractivity contribution in [3.63, 3.8) is 0 Å². The number of hydrogen-bond donors (Lipinski definition) is 2. The number of nitrogens with one attached hydrogen (secondary N) is 1. The van der Waals surface area contributed by atoms with Crippen LogP contribution in [0.5, 0.6) is 0 Å². The Balaban J connectivity index is 1.93. The van der Waals surface area contributed by atoms with Crippen LogP contribution in [-0.2, 0) is 11.2 Å². The summed E-state index contributed by atoms with van der Waals surface area (Å²) < 4.78 is 0. The van der Waals surface area contributed by atoms with E-state index >= 15 is 0 Å². The number of aromatic nitrogens is 1. The van der Waals surface area contributed by atoms with E-state index in [-0.39, 0.29) is 6.42 Å². The zero-order valence-corrected chi connectivity index (χ0v) is 11.4. The summed E-state index contributed by atoms with van der Waals surface area (Å²) in [5.41, 5.74) is 0.902. The van der Waals surface area contributed by atoms with Crippen molar-refractivity contribution in [1.82, 2.24) is 15.2 Å². The molecule has 1 unspecified atom stereocenters. The molecule has 2 N–H and O–H groups in total. The lowest BCUT2D eigenvalue weighted by Crippen LogP contribution is -2.44. The molecule has 2 rings (SSSR count). The first-order valence-corrected chi connectivity index (χ1v) is 7.15. The Morgan fingerprint density at radius 1 is 1.61 bits per heavy atom. The van der Waals surface area contributed by atoms with Crippen LogP contribution < -0.4 is 5.32 Å². The van der Waals surface area contributed by atoms with Crippen molar-refractivity contribution < 1.29 is 9.90 Å². The maximum absolute atomic E-state index is 10.5. The van der Waals surface area contributed by atoms with Gasteiger partial charge in [0.05, 0.1) is 18.2 Å². The molecule has 2 heterocycles. The van der Waals surface area contributed by atoms with E-state index in [2.05, 4.69) is 22.1 Å². The fourth-order valence-corrected chi connectivity index (χ4v) is 3.03. The Kier molecular flexibility index (Phi) is 4.68. The van der Waals surface area contributed by atoms with Crippen LogP contribution in [0.1, 0.15) is 30.1 Å². The van der Waals surface area contributed by atoms with Crippen molar-refractivity contribution in [1.29, 1.82) is 0 Å². The van der Waals surface area contributed by atoms with Gasteiger partial charge in [-0.3, -0.25) is 9.69 Å². The lowest BCUT2D eigenvalue weighted by atomic mass is 10.2. The zero-order valence-electron chi connectivity index (χ0n) is 10.6. The van der Waals surface area contributed by atoms with Crippen molar-refractivity contribution in [3.8, 4) is 0 Å². The second-order valence-corrected chi connectivity index (χ2v) is 5.42. The highest BCUT2D eigenvalue weighted by atomic mass is 32.1. The fourth-order valence-electron chi connectivity index (χ4n) is 2.09. The van der Waals surface area contributed by atoms with Gasteiger partial charge in [0, 0.05) is 38.0 Å². The Labute approximate surface area is 111 Å². The SMILES string of the molecule is CC(c1nc(CCC(=O)O)cs1)N1CCNCC1. The summed E-state index contributed by atoms with van der Waals surface area (Å²) in [6.45, 7) is 6.32. The molecule has 0 radical (unpaired) electrons. The van der Waals surface area contributed by atoms with Crippen LogP contribution in [0.4, 0.5) is 0 Å². The van der Waals surface area contributed by atoms with E-state index in [4.69, 9.17) is 5.11 Å². The molecule has 5 nitrogen and oxygen atoms in total. The monoisotopic (exact) mass is 269 g/mol. The highest BCUT2D eigenvalue weighted by Crippen LogP contribution is 2.24. The molecule has 1 saturated heterocycles. The summed E-state index contributed by atoms with van der Waals surface area (Å²) in [7, 11) is 0. The average molecular weight is 269 g/mol. The Morgan fingerprint density at radius 3 is 3.00 bits per heavy atom. The van der Waals surface area contributed by atoms with E-state index in [1.54, 1.807) is 11.3 Å². The highest BCUT2D eigenvalue weighted by molar-refractivity contribution is 7.09. The van der Waals surface area contributed by atoms with Gasteiger partial charge in [0.2, 0.25) is 0 Å². The van der Waals surface area contributed by atoms with Crippen LogP contribution in [0.2, 0.25) is 0 Å². The number of carboxylic acids is 1. The van der Waals surface area contributed by atoms with E-state index in [0.717, 1.165) is 36.9 Å². The smallest absolute Gasteiger partial charge is 0.303 e. The number of rotatable bonds is 5. The van der Waals surface area contributed by atoms with Crippen LogP contribution in [0, 0.1) is 0 Å². The third kappa shape index (κ3) is 3.51. The quantitative estimate of drug-likeness (QED) is 0.839. The van der Waals surface area contributed by atoms with E-state index in [1.165, 1.54) is 0 Å². The van der Waals surface area contributed by atoms with Crippen LogP contribution in [0.25, 0.3) is 0 Å². The molecule has 0 amide bonds. The van der Waals surface area contributed by atoms with Gasteiger partial charge in [-0.1, -0.05) is 0 Å². The molecule has 1 aliphatic heterocycles. The molecule has 100 valence electrons. The summed E-state index contributed by atoms with van der Waals surface area (Å²) in [6.07, 6.45) is 0.686. The van der Waals surface area contributed by atoms with E-state index in [1.807, 2.05) is 5.38 Å². The third-order valence-electron chi connectivity index (χ3n) is 3.22. The number of thiazole rings is 1. The molecular formula is C12H19N3O2S. The van der Waals surface area contributed by atoms with Gasteiger partial charge >= 0.3 is 5.97 Å². The minimum atomic E-state index is -0.764. The van der Waals surface area contributed by atoms with Crippen LogP contribution in [0.3, 0.4) is 0 Å². The number of aryl methyl sites for hydroxylation is 1. The van der Waals surface area contributed by atoms with Crippen LogP contribution in [-0.4, -0.2) is 47.1 Å². The Morgan fingerprint density at radius 2 is 2.33 bits per heavy atom. The molecule has 0 aromatic carbocycles. The number of carbonyl (C=O) groups is 1. The van der Waals surface area contributed by atoms with Gasteiger partial charge in [0.1, 0.15) is 5.01 Å².